The molecule has 1 aliphatic carbocycles. The molecule has 0 aliphatic heterocycles. The van der Waals surface area contributed by atoms with Crippen molar-refractivity contribution < 1.29 is 14.3 Å². The number of aromatic nitrogens is 1. The predicted octanol–water partition coefficient (Wildman–Crippen LogP) is 5.80. The van der Waals surface area contributed by atoms with Crippen LogP contribution in [0.3, 0.4) is 0 Å². The Bertz CT molecular complexity index is 1230. The van der Waals surface area contributed by atoms with Crippen molar-refractivity contribution in [2.45, 2.75) is 25.7 Å². The highest BCUT2D eigenvalue weighted by molar-refractivity contribution is 5.86. The number of carboxylic acid groups (broad SMARTS) is 1. The van der Waals surface area contributed by atoms with E-state index in [0.29, 0.717) is 5.89 Å². The van der Waals surface area contributed by atoms with Gasteiger partial charge in [0.1, 0.15) is 5.69 Å². The van der Waals surface area contributed by atoms with Gasteiger partial charge in [0.2, 0.25) is 5.89 Å². The molecule has 1 aromatic heterocycles. The molecule has 0 bridgehead atoms. The highest BCUT2D eigenvalue weighted by Crippen LogP contribution is 2.40. The van der Waals surface area contributed by atoms with Crippen LogP contribution in [-0.4, -0.2) is 11.0 Å². The fraction of sp³-hybridized carbons (Fsp3) is 0.172. The molecule has 1 atom stereocenters. The first-order chi connectivity index (χ1) is 16.2. The Morgan fingerprint density at radius 1 is 0.939 bits per heavy atom. The van der Waals surface area contributed by atoms with Crippen LogP contribution in [0, 0.1) is 5.92 Å². The van der Waals surface area contributed by atoms with E-state index >= 15 is 0 Å². The van der Waals surface area contributed by atoms with E-state index in [0.717, 1.165) is 59.4 Å². The number of carbonyl (C=O) groups excluding carboxylic acids is 1. The average Bonchev–Trinajstić information content (AvgIpc) is 3.31. The van der Waals surface area contributed by atoms with Crippen LogP contribution >= 0.6 is 0 Å². The second-order valence-corrected chi connectivity index (χ2v) is 8.41. The summed E-state index contributed by atoms with van der Waals surface area (Å²) in [6.45, 7) is 0. The maximum Gasteiger partial charge on any atom is 0.223 e. The van der Waals surface area contributed by atoms with Crippen molar-refractivity contribution in [1.29, 1.82) is 0 Å². The summed E-state index contributed by atoms with van der Waals surface area (Å²) in [5.74, 6) is 0.472. The van der Waals surface area contributed by atoms with E-state index in [2.05, 4.69) is 6.08 Å². The van der Waals surface area contributed by atoms with Gasteiger partial charge in [-0.2, -0.15) is 0 Å². The Morgan fingerprint density at radius 2 is 1.67 bits per heavy atom. The highest BCUT2D eigenvalue weighted by Gasteiger charge is 2.26. The van der Waals surface area contributed by atoms with Crippen LogP contribution in [0.25, 0.3) is 28.2 Å². The predicted molar refractivity (Wildman–Crippen MR) is 127 cm³/mol. The molecular weight excluding hydrogens is 410 g/mol. The van der Waals surface area contributed by atoms with Gasteiger partial charge in [-0.15, -0.1) is 0 Å². The van der Waals surface area contributed by atoms with Crippen LogP contribution in [0.4, 0.5) is 0 Å². The quantitative estimate of drug-likeness (QED) is 0.385. The lowest BCUT2D eigenvalue weighted by Gasteiger charge is -2.22. The van der Waals surface area contributed by atoms with Crippen molar-refractivity contribution in [1.82, 2.24) is 4.98 Å². The highest BCUT2D eigenvalue weighted by atomic mass is 16.4. The third-order valence-corrected chi connectivity index (χ3v) is 6.16. The summed E-state index contributed by atoms with van der Waals surface area (Å²) in [5, 5.41) is 11.3. The van der Waals surface area contributed by atoms with Gasteiger partial charge in [-0.3, -0.25) is 0 Å². The fourth-order valence-corrected chi connectivity index (χ4v) is 4.55. The van der Waals surface area contributed by atoms with Gasteiger partial charge < -0.3 is 14.3 Å². The summed E-state index contributed by atoms with van der Waals surface area (Å²) < 4.78 is 6.44. The Labute approximate surface area is 193 Å². The molecule has 4 heteroatoms. The van der Waals surface area contributed by atoms with Crippen molar-refractivity contribution in [3.63, 3.8) is 0 Å². The van der Waals surface area contributed by atoms with E-state index in [9.17, 15) is 9.90 Å². The van der Waals surface area contributed by atoms with E-state index < -0.39 is 5.97 Å². The Hall–Kier alpha value is -3.92. The van der Waals surface area contributed by atoms with Crippen molar-refractivity contribution in [3.05, 3.63) is 108 Å². The summed E-state index contributed by atoms with van der Waals surface area (Å²) in [5.41, 5.74) is 5.13. The van der Waals surface area contributed by atoms with Crippen LogP contribution < -0.4 is 5.11 Å². The second kappa shape index (κ2) is 9.29. The minimum absolute atomic E-state index is 0.210. The number of carbonyl (C=O) groups is 1. The van der Waals surface area contributed by atoms with Crippen LogP contribution in [-0.2, 0) is 6.42 Å². The van der Waals surface area contributed by atoms with Crippen molar-refractivity contribution >= 4 is 11.5 Å². The second-order valence-electron chi connectivity index (χ2n) is 8.41. The first-order valence-corrected chi connectivity index (χ1v) is 11.3. The minimum Gasteiger partial charge on any atom is -0.545 e. The number of oxazole rings is 1. The molecule has 0 amide bonds. The molecule has 164 valence electrons. The fourth-order valence-electron chi connectivity index (χ4n) is 4.55. The number of hydrogen-bond acceptors (Lipinski definition) is 4. The zero-order valence-corrected chi connectivity index (χ0v) is 18.2. The normalized spacial score (nSPS) is 15.8. The van der Waals surface area contributed by atoms with Crippen LogP contribution in [0.1, 0.15) is 41.1 Å². The van der Waals surface area contributed by atoms with E-state index in [1.54, 1.807) is 18.2 Å². The number of allylic oxidation sites excluding steroid dienone is 2. The van der Waals surface area contributed by atoms with Crippen LogP contribution in [0.2, 0.25) is 0 Å². The van der Waals surface area contributed by atoms with Crippen molar-refractivity contribution in [3.8, 4) is 22.6 Å². The van der Waals surface area contributed by atoms with Gasteiger partial charge in [-0.25, -0.2) is 4.98 Å². The van der Waals surface area contributed by atoms with Gasteiger partial charge in [0, 0.05) is 16.7 Å². The van der Waals surface area contributed by atoms with Crippen LogP contribution in [0.5, 0.6) is 0 Å². The molecule has 0 saturated heterocycles. The van der Waals surface area contributed by atoms with Gasteiger partial charge >= 0.3 is 0 Å². The first kappa shape index (κ1) is 21.0. The Morgan fingerprint density at radius 3 is 2.39 bits per heavy atom. The molecule has 1 heterocycles. The summed E-state index contributed by atoms with van der Waals surface area (Å²) in [6.07, 6.45) is 6.04. The number of aromatic carboxylic acids is 1. The summed E-state index contributed by atoms with van der Waals surface area (Å²) in [7, 11) is 0. The summed E-state index contributed by atoms with van der Waals surface area (Å²) in [4.78, 5) is 16.3. The largest absolute Gasteiger partial charge is 0.545 e. The number of hydrogen-bond donors (Lipinski definition) is 0. The molecule has 1 aliphatic rings. The van der Waals surface area contributed by atoms with E-state index in [1.807, 2.05) is 66.7 Å². The smallest absolute Gasteiger partial charge is 0.223 e. The van der Waals surface area contributed by atoms with Gasteiger partial charge in [0.05, 0.1) is 5.97 Å². The number of rotatable bonds is 6. The zero-order chi connectivity index (χ0) is 22.6. The molecule has 1 unspecified atom stereocenters. The minimum atomic E-state index is -1.15. The lowest BCUT2D eigenvalue weighted by molar-refractivity contribution is -0.255. The maximum atomic E-state index is 11.3. The monoisotopic (exact) mass is 434 g/mol. The Balaban J connectivity index is 1.53. The molecule has 5 rings (SSSR count). The van der Waals surface area contributed by atoms with Crippen LogP contribution in [0.15, 0.2) is 95.4 Å². The average molecular weight is 435 g/mol. The molecule has 4 aromatic rings. The zero-order valence-electron chi connectivity index (χ0n) is 18.2. The van der Waals surface area contributed by atoms with Crippen molar-refractivity contribution in [2.75, 3.05) is 0 Å². The molecule has 33 heavy (non-hydrogen) atoms. The first-order valence-electron chi connectivity index (χ1n) is 11.3. The summed E-state index contributed by atoms with van der Waals surface area (Å²) in [6, 6.07) is 27.2. The van der Waals surface area contributed by atoms with Gasteiger partial charge in [-0.1, -0.05) is 84.9 Å². The van der Waals surface area contributed by atoms with E-state index in [4.69, 9.17) is 9.40 Å². The Kier molecular flexibility index (Phi) is 5.90. The molecule has 3 aromatic carbocycles. The van der Waals surface area contributed by atoms with E-state index in [-0.39, 0.29) is 11.5 Å². The van der Waals surface area contributed by atoms with Gasteiger partial charge in [0.15, 0.2) is 5.76 Å². The molecule has 4 nitrogen and oxygen atoms in total. The summed E-state index contributed by atoms with van der Waals surface area (Å²) >= 11 is 0. The molecule has 0 N–H and O–H groups in total. The van der Waals surface area contributed by atoms with Crippen molar-refractivity contribution in [2.24, 2.45) is 5.92 Å². The van der Waals surface area contributed by atoms with Gasteiger partial charge in [0.25, 0.3) is 0 Å². The topological polar surface area (TPSA) is 66.2 Å². The third-order valence-electron chi connectivity index (χ3n) is 6.16. The number of nitrogens with zero attached hydrogens (tertiary/aromatic N) is 1. The molecule has 0 saturated carbocycles. The number of benzene rings is 3. The number of carboxylic acids is 1. The molecule has 0 fully saturated rings. The molecule has 0 spiro atoms. The molecular formula is C29H24NO3-. The molecule has 0 radical (unpaired) electrons. The standard InChI is InChI=1S/C29H25NO3/c31-29(32)24-16-9-10-20(19-24)18-23-15-7-8-17-25(23)28-30-26(21-11-3-1-4-12-21)27(33-28)22-13-5-2-6-14-22/h1-6,9-14,16-17,19,23H,7-8,15,18H2,(H,31,32)/p-1. The van der Waals surface area contributed by atoms with E-state index in [1.165, 1.54) is 0 Å². The SMILES string of the molecule is O=C([O-])c1cccc(CC2CCCC=C2c2nc(-c3ccccc3)c(-c3ccccc3)o2)c1. The lowest BCUT2D eigenvalue weighted by Crippen LogP contribution is -2.22. The van der Waals surface area contributed by atoms with Gasteiger partial charge in [-0.05, 0) is 48.8 Å². The lowest BCUT2D eigenvalue weighted by atomic mass is 9.83. The maximum absolute atomic E-state index is 11.3. The third kappa shape index (κ3) is 4.51.